The summed E-state index contributed by atoms with van der Waals surface area (Å²) >= 11 is 0. The maximum absolute atomic E-state index is 11.7. The summed E-state index contributed by atoms with van der Waals surface area (Å²) in [4.78, 5) is 11.7. The van der Waals surface area contributed by atoms with Gasteiger partial charge in [-0.25, -0.2) is 0 Å². The van der Waals surface area contributed by atoms with E-state index in [2.05, 4.69) is 0 Å². The lowest BCUT2D eigenvalue weighted by Gasteiger charge is -2.40. The Morgan fingerprint density at radius 2 is 1.60 bits per heavy atom. The van der Waals surface area contributed by atoms with Gasteiger partial charge in [0.25, 0.3) is 0 Å². The first-order chi connectivity index (χ1) is 6.78. The van der Waals surface area contributed by atoms with E-state index >= 15 is 0 Å². The second kappa shape index (κ2) is 4.17. The van der Waals surface area contributed by atoms with E-state index in [-0.39, 0.29) is 18.8 Å². The summed E-state index contributed by atoms with van der Waals surface area (Å²) in [6, 6.07) is 0. The lowest BCUT2D eigenvalue weighted by molar-refractivity contribution is -0.173. The normalized spacial score (nSPS) is 41.9. The summed E-state index contributed by atoms with van der Waals surface area (Å²) in [5.41, 5.74) is -1.72. The topological polar surface area (TPSA) is 98.0 Å². The first-order valence-electron chi connectivity index (χ1n) is 5.09. The van der Waals surface area contributed by atoms with E-state index in [0.717, 1.165) is 0 Å². The lowest BCUT2D eigenvalue weighted by Crippen LogP contribution is -2.56. The number of aliphatic hydroxyl groups excluding tert-OH is 3. The van der Waals surface area contributed by atoms with E-state index in [1.54, 1.807) is 13.8 Å². The van der Waals surface area contributed by atoms with Crippen molar-refractivity contribution >= 4 is 5.78 Å². The van der Waals surface area contributed by atoms with Crippen LogP contribution in [0.4, 0.5) is 0 Å². The highest BCUT2D eigenvalue weighted by Crippen LogP contribution is 2.31. The minimum Gasteiger partial charge on any atom is -0.390 e. The first-order valence-corrected chi connectivity index (χ1v) is 5.09. The number of Topliss-reactive ketones (excluding diaryl/α,β-unsaturated/α-hetero) is 1. The number of carbonyl (C=O) groups excluding carboxylic acids is 1. The second-order valence-electron chi connectivity index (χ2n) is 4.58. The fraction of sp³-hybridized carbons (Fsp3) is 0.900. The number of hydrogen-bond donors (Lipinski definition) is 4. The van der Waals surface area contributed by atoms with Crippen molar-refractivity contribution in [1.29, 1.82) is 0 Å². The van der Waals surface area contributed by atoms with E-state index in [1.165, 1.54) is 0 Å². The van der Waals surface area contributed by atoms with Gasteiger partial charge < -0.3 is 20.4 Å². The molecule has 0 unspecified atom stereocenters. The molecule has 88 valence electrons. The van der Waals surface area contributed by atoms with Crippen LogP contribution in [0.2, 0.25) is 0 Å². The third-order valence-electron chi connectivity index (χ3n) is 2.87. The molecule has 1 aliphatic rings. The molecule has 1 rings (SSSR count). The van der Waals surface area contributed by atoms with Gasteiger partial charge in [-0.05, 0) is 0 Å². The molecule has 0 amide bonds. The Morgan fingerprint density at radius 1 is 1.20 bits per heavy atom. The molecule has 0 aromatic carbocycles. The summed E-state index contributed by atoms with van der Waals surface area (Å²) in [5, 5.41) is 38.0. The molecular weight excluding hydrogens is 200 g/mol. The molecule has 1 fully saturated rings. The second-order valence-corrected chi connectivity index (χ2v) is 4.58. The van der Waals surface area contributed by atoms with Crippen molar-refractivity contribution in [2.75, 3.05) is 0 Å². The zero-order chi connectivity index (χ0) is 11.8. The minimum absolute atomic E-state index is 0.220. The van der Waals surface area contributed by atoms with Crippen LogP contribution in [0, 0.1) is 5.92 Å². The van der Waals surface area contributed by atoms with Crippen LogP contribution in [0.15, 0.2) is 0 Å². The van der Waals surface area contributed by atoms with Crippen LogP contribution in [0.3, 0.4) is 0 Å². The molecule has 0 aromatic heterocycles. The molecule has 0 radical (unpaired) electrons. The molecule has 1 aliphatic carbocycles. The van der Waals surface area contributed by atoms with Gasteiger partial charge in [-0.15, -0.1) is 0 Å². The highest BCUT2D eigenvalue weighted by molar-refractivity contribution is 5.88. The number of hydrogen-bond acceptors (Lipinski definition) is 5. The zero-order valence-electron chi connectivity index (χ0n) is 8.92. The summed E-state index contributed by atoms with van der Waals surface area (Å²) in [7, 11) is 0. The molecule has 15 heavy (non-hydrogen) atoms. The van der Waals surface area contributed by atoms with Gasteiger partial charge in [-0.3, -0.25) is 4.79 Å². The Labute approximate surface area is 88.4 Å². The minimum atomic E-state index is -1.72. The number of aliphatic hydroxyl groups is 4. The average molecular weight is 218 g/mol. The molecule has 5 heteroatoms. The molecule has 0 aliphatic heterocycles. The molecule has 1 saturated carbocycles. The molecule has 0 heterocycles. The Kier molecular flexibility index (Phi) is 3.50. The fourth-order valence-electron chi connectivity index (χ4n) is 2.01. The van der Waals surface area contributed by atoms with Crippen molar-refractivity contribution in [3.63, 3.8) is 0 Å². The van der Waals surface area contributed by atoms with Crippen LogP contribution in [0.25, 0.3) is 0 Å². The standard InChI is InChI=1S/C10H18O5/c1-5(2)9(14)10(15)3-6(11)8(13)7(12)4-10/h5-8,11-13,15H,3-4H2,1-2H3/t6-,7-,8?,10?/m1/s1. The highest BCUT2D eigenvalue weighted by Gasteiger charge is 2.48. The van der Waals surface area contributed by atoms with E-state index in [9.17, 15) is 25.2 Å². The first kappa shape index (κ1) is 12.6. The van der Waals surface area contributed by atoms with Crippen molar-refractivity contribution in [2.24, 2.45) is 5.92 Å². The third-order valence-corrected chi connectivity index (χ3v) is 2.87. The van der Waals surface area contributed by atoms with Crippen molar-refractivity contribution in [3.05, 3.63) is 0 Å². The van der Waals surface area contributed by atoms with Crippen LogP contribution in [-0.4, -0.2) is 50.1 Å². The Hall–Kier alpha value is -0.490. The van der Waals surface area contributed by atoms with Gasteiger partial charge >= 0.3 is 0 Å². The molecular formula is C10H18O5. The third kappa shape index (κ3) is 2.36. The summed E-state index contributed by atoms with van der Waals surface area (Å²) in [5.74, 6) is -0.780. The van der Waals surface area contributed by atoms with E-state index in [1.807, 2.05) is 0 Å². The van der Waals surface area contributed by atoms with Gasteiger partial charge in [-0.2, -0.15) is 0 Å². The maximum Gasteiger partial charge on any atom is 0.167 e. The monoisotopic (exact) mass is 218 g/mol. The Balaban J connectivity index is 2.83. The van der Waals surface area contributed by atoms with Crippen LogP contribution in [0.1, 0.15) is 26.7 Å². The fourth-order valence-corrected chi connectivity index (χ4v) is 2.01. The highest BCUT2D eigenvalue weighted by atomic mass is 16.4. The van der Waals surface area contributed by atoms with Crippen molar-refractivity contribution in [1.82, 2.24) is 0 Å². The Morgan fingerprint density at radius 3 is 1.93 bits per heavy atom. The summed E-state index contributed by atoms with van der Waals surface area (Å²) in [6.45, 7) is 3.29. The molecule has 0 aromatic rings. The zero-order valence-corrected chi connectivity index (χ0v) is 8.92. The predicted molar refractivity (Wildman–Crippen MR) is 52.0 cm³/mol. The van der Waals surface area contributed by atoms with Gasteiger partial charge in [0.15, 0.2) is 5.78 Å². The number of carbonyl (C=O) groups is 1. The molecule has 2 atom stereocenters. The molecule has 0 saturated heterocycles. The largest absolute Gasteiger partial charge is 0.390 e. The van der Waals surface area contributed by atoms with Crippen LogP contribution in [-0.2, 0) is 4.79 Å². The Bertz CT molecular complexity index is 238. The van der Waals surface area contributed by atoms with Gasteiger partial charge in [-0.1, -0.05) is 13.8 Å². The van der Waals surface area contributed by atoms with Gasteiger partial charge in [0.1, 0.15) is 11.7 Å². The number of ketones is 1. The lowest BCUT2D eigenvalue weighted by atomic mass is 9.75. The molecule has 4 N–H and O–H groups in total. The van der Waals surface area contributed by atoms with E-state index < -0.39 is 29.7 Å². The number of rotatable bonds is 2. The van der Waals surface area contributed by atoms with Crippen LogP contribution >= 0.6 is 0 Å². The summed E-state index contributed by atoms with van der Waals surface area (Å²) in [6.07, 6.45) is -4.25. The average Bonchev–Trinajstić information content (AvgIpc) is 2.12. The van der Waals surface area contributed by atoms with E-state index in [4.69, 9.17) is 0 Å². The van der Waals surface area contributed by atoms with Gasteiger partial charge in [0.2, 0.25) is 0 Å². The molecule has 0 bridgehead atoms. The predicted octanol–water partition coefficient (Wildman–Crippen LogP) is -1.18. The SMILES string of the molecule is CC(C)C(=O)C1(O)C[C@@H](O)C(O)[C@H](O)C1. The van der Waals surface area contributed by atoms with Crippen molar-refractivity contribution in [2.45, 2.75) is 50.6 Å². The smallest absolute Gasteiger partial charge is 0.167 e. The van der Waals surface area contributed by atoms with Gasteiger partial charge in [0, 0.05) is 18.8 Å². The quantitative estimate of drug-likeness (QED) is 0.467. The van der Waals surface area contributed by atoms with Crippen LogP contribution < -0.4 is 0 Å². The molecule has 0 spiro atoms. The summed E-state index contributed by atoms with van der Waals surface area (Å²) < 4.78 is 0. The van der Waals surface area contributed by atoms with E-state index in [0.29, 0.717) is 0 Å². The van der Waals surface area contributed by atoms with Crippen LogP contribution in [0.5, 0.6) is 0 Å². The molecule has 5 nitrogen and oxygen atoms in total. The van der Waals surface area contributed by atoms with Crippen molar-refractivity contribution < 1.29 is 25.2 Å². The van der Waals surface area contributed by atoms with Crippen molar-refractivity contribution in [3.8, 4) is 0 Å². The maximum atomic E-state index is 11.7. The van der Waals surface area contributed by atoms with Gasteiger partial charge in [0.05, 0.1) is 12.2 Å².